The number of ether oxygens (including phenoxy) is 1. The van der Waals surface area contributed by atoms with Gasteiger partial charge >= 0.3 is 0 Å². The van der Waals surface area contributed by atoms with Crippen LogP contribution in [0, 0.1) is 5.92 Å². The highest BCUT2D eigenvalue weighted by Gasteiger charge is 2.04. The van der Waals surface area contributed by atoms with Gasteiger partial charge in [-0.3, -0.25) is 0 Å². The van der Waals surface area contributed by atoms with Crippen molar-refractivity contribution in [2.24, 2.45) is 5.92 Å². The quantitative estimate of drug-likeness (QED) is 0.579. The maximum absolute atomic E-state index is 6.10. The highest BCUT2D eigenvalue weighted by atomic mass is 35.5. The summed E-state index contributed by atoms with van der Waals surface area (Å²) in [6, 6.07) is 1.89. The molecular formula is C14H21ClN2O. The van der Waals surface area contributed by atoms with Gasteiger partial charge in [-0.2, -0.15) is 0 Å². The van der Waals surface area contributed by atoms with Crippen LogP contribution in [0.15, 0.2) is 24.9 Å². The molecule has 1 N–H and O–H groups in total. The summed E-state index contributed by atoms with van der Waals surface area (Å²) in [6.07, 6.45) is 4.27. The molecule has 0 bridgehead atoms. The molecule has 0 fully saturated rings. The van der Waals surface area contributed by atoms with Crippen molar-refractivity contribution in [3.63, 3.8) is 0 Å². The Bertz CT molecular complexity index is 380. The van der Waals surface area contributed by atoms with E-state index < -0.39 is 0 Å². The van der Waals surface area contributed by atoms with Crippen molar-refractivity contribution in [2.75, 3.05) is 13.2 Å². The van der Waals surface area contributed by atoms with Crippen molar-refractivity contribution in [3.8, 4) is 5.88 Å². The molecule has 0 aliphatic heterocycles. The SMILES string of the molecule is C=CCCOc1cc(CNCC(C)C)c(Cl)cn1. The summed E-state index contributed by atoms with van der Waals surface area (Å²) in [4.78, 5) is 4.14. The molecule has 0 aliphatic carbocycles. The number of hydrogen-bond donors (Lipinski definition) is 1. The molecule has 0 saturated carbocycles. The van der Waals surface area contributed by atoms with E-state index in [1.165, 1.54) is 0 Å². The monoisotopic (exact) mass is 268 g/mol. The van der Waals surface area contributed by atoms with Gasteiger partial charge in [-0.25, -0.2) is 4.98 Å². The maximum atomic E-state index is 6.10. The van der Waals surface area contributed by atoms with Crippen LogP contribution in [0.5, 0.6) is 5.88 Å². The van der Waals surface area contributed by atoms with E-state index in [1.54, 1.807) is 6.20 Å². The summed E-state index contributed by atoms with van der Waals surface area (Å²) in [5.74, 6) is 1.23. The second-order valence-electron chi connectivity index (χ2n) is 4.56. The van der Waals surface area contributed by atoms with Crippen molar-refractivity contribution in [1.82, 2.24) is 10.3 Å². The summed E-state index contributed by atoms with van der Waals surface area (Å²) >= 11 is 6.10. The molecule has 1 heterocycles. The minimum absolute atomic E-state index is 0.594. The Morgan fingerprint density at radius 2 is 2.33 bits per heavy atom. The third-order valence-electron chi connectivity index (χ3n) is 2.35. The van der Waals surface area contributed by atoms with Crippen LogP contribution in [0.2, 0.25) is 5.02 Å². The van der Waals surface area contributed by atoms with Crippen LogP contribution in [0.25, 0.3) is 0 Å². The van der Waals surface area contributed by atoms with Crippen LogP contribution in [0.1, 0.15) is 25.8 Å². The van der Waals surface area contributed by atoms with Gasteiger partial charge in [0.15, 0.2) is 0 Å². The lowest BCUT2D eigenvalue weighted by Crippen LogP contribution is -2.19. The van der Waals surface area contributed by atoms with Crippen molar-refractivity contribution in [2.45, 2.75) is 26.8 Å². The normalized spacial score (nSPS) is 10.7. The Kier molecular flexibility index (Phi) is 6.76. The van der Waals surface area contributed by atoms with Crippen molar-refractivity contribution in [3.05, 3.63) is 35.5 Å². The Morgan fingerprint density at radius 1 is 1.56 bits per heavy atom. The van der Waals surface area contributed by atoms with Gasteiger partial charge in [0, 0.05) is 18.8 Å². The summed E-state index contributed by atoms with van der Waals surface area (Å²) in [7, 11) is 0. The fourth-order valence-electron chi connectivity index (χ4n) is 1.42. The number of aromatic nitrogens is 1. The predicted molar refractivity (Wildman–Crippen MR) is 76.1 cm³/mol. The van der Waals surface area contributed by atoms with Crippen molar-refractivity contribution >= 4 is 11.6 Å². The molecule has 0 aliphatic rings. The van der Waals surface area contributed by atoms with E-state index in [2.05, 4.69) is 30.7 Å². The molecule has 4 heteroatoms. The smallest absolute Gasteiger partial charge is 0.213 e. The number of pyridine rings is 1. The van der Waals surface area contributed by atoms with Crippen LogP contribution < -0.4 is 10.1 Å². The number of halogens is 1. The average Bonchev–Trinajstić information content (AvgIpc) is 2.33. The fraction of sp³-hybridized carbons (Fsp3) is 0.500. The predicted octanol–water partition coefficient (Wildman–Crippen LogP) is 3.44. The van der Waals surface area contributed by atoms with E-state index in [0.29, 0.717) is 23.4 Å². The Hall–Kier alpha value is -1.06. The molecule has 0 radical (unpaired) electrons. The molecule has 100 valence electrons. The average molecular weight is 269 g/mol. The largest absolute Gasteiger partial charge is 0.477 e. The summed E-state index contributed by atoms with van der Waals surface area (Å²) in [5, 5.41) is 4.02. The van der Waals surface area contributed by atoms with Gasteiger partial charge in [0.1, 0.15) is 0 Å². The van der Waals surface area contributed by atoms with Gasteiger partial charge in [-0.15, -0.1) is 6.58 Å². The summed E-state index contributed by atoms with van der Waals surface area (Å²) < 4.78 is 5.50. The van der Waals surface area contributed by atoms with E-state index in [4.69, 9.17) is 16.3 Å². The molecule has 18 heavy (non-hydrogen) atoms. The zero-order chi connectivity index (χ0) is 13.4. The molecular weight excluding hydrogens is 248 g/mol. The van der Waals surface area contributed by atoms with Gasteiger partial charge in [-0.1, -0.05) is 31.5 Å². The molecule has 0 saturated heterocycles. The van der Waals surface area contributed by atoms with Crippen LogP contribution >= 0.6 is 11.6 Å². The number of hydrogen-bond acceptors (Lipinski definition) is 3. The second-order valence-corrected chi connectivity index (χ2v) is 4.97. The van der Waals surface area contributed by atoms with E-state index in [0.717, 1.165) is 25.1 Å². The zero-order valence-corrected chi connectivity index (χ0v) is 11.8. The number of rotatable bonds is 8. The third-order valence-corrected chi connectivity index (χ3v) is 2.69. The molecule has 0 unspecified atom stereocenters. The van der Waals surface area contributed by atoms with E-state index in [-0.39, 0.29) is 0 Å². The van der Waals surface area contributed by atoms with Gasteiger partial charge in [0.25, 0.3) is 0 Å². The topological polar surface area (TPSA) is 34.1 Å². The van der Waals surface area contributed by atoms with Gasteiger partial charge in [0.05, 0.1) is 11.6 Å². The van der Waals surface area contributed by atoms with E-state index in [1.807, 2.05) is 12.1 Å². The highest BCUT2D eigenvalue weighted by Crippen LogP contribution is 2.19. The first-order valence-electron chi connectivity index (χ1n) is 6.22. The third kappa shape index (κ3) is 5.52. The Balaban J connectivity index is 2.54. The highest BCUT2D eigenvalue weighted by molar-refractivity contribution is 6.31. The molecule has 1 aromatic rings. The fourth-order valence-corrected chi connectivity index (χ4v) is 1.59. The molecule has 1 rings (SSSR count). The van der Waals surface area contributed by atoms with Gasteiger partial charge < -0.3 is 10.1 Å². The second kappa shape index (κ2) is 8.11. The lowest BCUT2D eigenvalue weighted by molar-refractivity contribution is 0.312. The number of nitrogens with zero attached hydrogens (tertiary/aromatic N) is 1. The molecule has 3 nitrogen and oxygen atoms in total. The summed E-state index contributed by atoms with van der Waals surface area (Å²) in [5.41, 5.74) is 1.01. The van der Waals surface area contributed by atoms with Gasteiger partial charge in [-0.05, 0) is 24.4 Å². The van der Waals surface area contributed by atoms with Crippen LogP contribution in [-0.4, -0.2) is 18.1 Å². The molecule has 0 aromatic carbocycles. The Morgan fingerprint density at radius 3 is 3.00 bits per heavy atom. The van der Waals surface area contributed by atoms with Crippen LogP contribution in [-0.2, 0) is 6.54 Å². The lowest BCUT2D eigenvalue weighted by Gasteiger charge is -2.10. The molecule has 0 atom stereocenters. The summed E-state index contributed by atoms with van der Waals surface area (Å²) in [6.45, 7) is 10.3. The van der Waals surface area contributed by atoms with Crippen molar-refractivity contribution < 1.29 is 4.74 Å². The first-order valence-corrected chi connectivity index (χ1v) is 6.60. The minimum Gasteiger partial charge on any atom is -0.477 e. The van der Waals surface area contributed by atoms with Crippen LogP contribution in [0.4, 0.5) is 0 Å². The molecule has 0 spiro atoms. The zero-order valence-electron chi connectivity index (χ0n) is 11.1. The van der Waals surface area contributed by atoms with Crippen molar-refractivity contribution in [1.29, 1.82) is 0 Å². The first-order chi connectivity index (χ1) is 8.63. The molecule has 1 aromatic heterocycles. The first kappa shape index (κ1) is 15.0. The minimum atomic E-state index is 0.594. The van der Waals surface area contributed by atoms with E-state index >= 15 is 0 Å². The standard InChI is InChI=1S/C14H21ClN2O/c1-4-5-6-18-14-7-12(13(15)10-17-14)9-16-8-11(2)3/h4,7,10-11,16H,1,5-6,8-9H2,2-3H3. The molecule has 0 amide bonds. The maximum Gasteiger partial charge on any atom is 0.213 e. The number of nitrogens with one attached hydrogen (secondary N) is 1. The lowest BCUT2D eigenvalue weighted by atomic mass is 10.2. The van der Waals surface area contributed by atoms with E-state index in [9.17, 15) is 0 Å². The van der Waals surface area contributed by atoms with Gasteiger partial charge in [0.2, 0.25) is 5.88 Å². The Labute approximate surface area is 114 Å². The van der Waals surface area contributed by atoms with Crippen LogP contribution in [0.3, 0.4) is 0 Å².